The number of hydrogen-bond donors (Lipinski definition) is 1. The lowest BCUT2D eigenvalue weighted by Crippen LogP contribution is -2.38. The smallest absolute Gasteiger partial charge is 0.404 e. The fourth-order valence-corrected chi connectivity index (χ4v) is 5.64. The first-order valence-corrected chi connectivity index (χ1v) is 14.8. The maximum absolute atomic E-state index is 12.9. The lowest BCUT2D eigenvalue weighted by molar-refractivity contribution is -0.106. The van der Waals surface area contributed by atoms with E-state index in [2.05, 4.69) is 25.3 Å². The van der Waals surface area contributed by atoms with Crippen LogP contribution in [0.1, 0.15) is 68.7 Å². The Morgan fingerprint density at radius 1 is 1.18 bits per heavy atom. The van der Waals surface area contributed by atoms with E-state index in [4.69, 9.17) is 4.74 Å². The van der Waals surface area contributed by atoms with Gasteiger partial charge in [-0.3, -0.25) is 4.72 Å². The fraction of sp³-hybridized carbons (Fsp3) is 0.609. The van der Waals surface area contributed by atoms with Gasteiger partial charge in [-0.05, 0) is 56.7 Å². The van der Waals surface area contributed by atoms with Crippen LogP contribution in [0.5, 0.6) is 0 Å². The highest BCUT2D eigenvalue weighted by atomic mass is 32.2. The van der Waals surface area contributed by atoms with Gasteiger partial charge in [0.2, 0.25) is 15.0 Å². The second-order valence-corrected chi connectivity index (χ2v) is 11.6. The summed E-state index contributed by atoms with van der Waals surface area (Å²) in [6, 6.07) is 3.33. The Morgan fingerprint density at radius 2 is 1.89 bits per heavy atom. The SMILES string of the molecule is CCC(C)OC(=O)c1nnc(N=Nc2cc3c(cc2NS(=O)(=O)CC(F)(F)F)N(C(CC)CC)CCC3)s1. The number of fused-ring (bicyclic) bond motifs is 1. The van der Waals surface area contributed by atoms with Crippen LogP contribution in [0.2, 0.25) is 0 Å². The van der Waals surface area contributed by atoms with Crippen LogP contribution in [0.3, 0.4) is 0 Å². The predicted octanol–water partition coefficient (Wildman–Crippen LogP) is 6.15. The number of halogens is 3. The first-order valence-electron chi connectivity index (χ1n) is 12.3. The first kappa shape index (κ1) is 29.7. The van der Waals surface area contributed by atoms with Gasteiger partial charge < -0.3 is 9.64 Å². The van der Waals surface area contributed by atoms with E-state index in [0.29, 0.717) is 12.8 Å². The lowest BCUT2D eigenvalue weighted by Gasteiger charge is -2.38. The highest BCUT2D eigenvalue weighted by Gasteiger charge is 2.36. The molecule has 2 heterocycles. The molecule has 38 heavy (non-hydrogen) atoms. The van der Waals surface area contributed by atoms with Crippen molar-refractivity contribution in [1.29, 1.82) is 0 Å². The maximum Gasteiger partial charge on any atom is 0.404 e. The number of aryl methyl sites for hydroxylation is 1. The van der Waals surface area contributed by atoms with Crippen molar-refractivity contribution in [2.24, 2.45) is 10.2 Å². The van der Waals surface area contributed by atoms with E-state index in [9.17, 15) is 26.4 Å². The molecule has 2 aromatic rings. The van der Waals surface area contributed by atoms with E-state index >= 15 is 0 Å². The Hall–Kier alpha value is -2.81. The van der Waals surface area contributed by atoms with E-state index < -0.39 is 27.9 Å². The zero-order chi connectivity index (χ0) is 28.1. The first-order chi connectivity index (χ1) is 17.9. The number of rotatable bonds is 11. The normalized spacial score (nSPS) is 15.1. The largest absolute Gasteiger partial charge is 0.457 e. The summed E-state index contributed by atoms with van der Waals surface area (Å²) in [5, 5.41) is 15.6. The van der Waals surface area contributed by atoms with E-state index in [0.717, 1.165) is 48.4 Å². The van der Waals surface area contributed by atoms with Crippen LogP contribution in [-0.4, -0.2) is 55.2 Å². The number of ether oxygens (including phenoxy) is 1. The van der Waals surface area contributed by atoms with Gasteiger partial charge in [-0.25, -0.2) is 13.2 Å². The standard InChI is InChI=1S/C23H31F3N6O4S2/c1-5-14(4)36-21(33)20-28-30-22(37-20)29-27-17-11-15-9-8-10-32(16(6-2)7-3)19(15)12-18(17)31-38(34,35)13-23(24,25)26/h11-12,14,16,31H,5-10,13H2,1-4H3. The van der Waals surface area contributed by atoms with Crippen molar-refractivity contribution in [3.63, 3.8) is 0 Å². The van der Waals surface area contributed by atoms with Crippen LogP contribution in [0.4, 0.5) is 35.4 Å². The molecular formula is C23H31F3N6O4S2. The average Bonchev–Trinajstić information content (AvgIpc) is 3.31. The Balaban J connectivity index is 1.99. The monoisotopic (exact) mass is 576 g/mol. The van der Waals surface area contributed by atoms with Crippen molar-refractivity contribution in [3.8, 4) is 0 Å². The van der Waals surface area contributed by atoms with E-state index in [-0.39, 0.29) is 33.7 Å². The van der Waals surface area contributed by atoms with Gasteiger partial charge in [0.1, 0.15) is 5.69 Å². The van der Waals surface area contributed by atoms with Gasteiger partial charge in [-0.15, -0.1) is 20.4 Å². The minimum Gasteiger partial charge on any atom is -0.457 e. The van der Waals surface area contributed by atoms with Crippen molar-refractivity contribution >= 4 is 49.5 Å². The number of nitrogens with zero attached hydrogens (tertiary/aromatic N) is 5. The number of hydrogen-bond acceptors (Lipinski definition) is 10. The Labute approximate surface area is 223 Å². The average molecular weight is 577 g/mol. The summed E-state index contributed by atoms with van der Waals surface area (Å²) >= 11 is 0.826. The summed E-state index contributed by atoms with van der Waals surface area (Å²) in [4.78, 5) is 14.3. The minimum absolute atomic E-state index is 0.00146. The molecular weight excluding hydrogens is 545 g/mol. The van der Waals surface area contributed by atoms with Gasteiger partial charge in [0.05, 0.1) is 11.8 Å². The molecule has 1 atom stereocenters. The van der Waals surface area contributed by atoms with Crippen molar-refractivity contribution in [3.05, 3.63) is 22.7 Å². The molecule has 0 amide bonds. The topological polar surface area (TPSA) is 126 Å². The number of aromatic nitrogens is 2. The number of alkyl halides is 3. The number of benzene rings is 1. The number of esters is 1. The molecule has 0 spiro atoms. The number of anilines is 2. The van der Waals surface area contributed by atoms with Crippen molar-refractivity contribution in [2.75, 3.05) is 21.9 Å². The van der Waals surface area contributed by atoms with Gasteiger partial charge in [-0.1, -0.05) is 32.1 Å². The van der Waals surface area contributed by atoms with Crippen LogP contribution in [0, 0.1) is 0 Å². The molecule has 1 aromatic carbocycles. The van der Waals surface area contributed by atoms with Crippen LogP contribution < -0.4 is 9.62 Å². The van der Waals surface area contributed by atoms with Crippen LogP contribution in [0.25, 0.3) is 0 Å². The van der Waals surface area contributed by atoms with Crippen LogP contribution in [-0.2, 0) is 21.2 Å². The second-order valence-electron chi connectivity index (χ2n) is 8.96. The summed E-state index contributed by atoms with van der Waals surface area (Å²) in [6.07, 6.45) is -1.35. The third kappa shape index (κ3) is 7.85. The zero-order valence-electron chi connectivity index (χ0n) is 21.6. The van der Waals surface area contributed by atoms with E-state index in [1.54, 1.807) is 13.0 Å². The number of azo groups is 1. The molecule has 0 fully saturated rings. The van der Waals surface area contributed by atoms with Crippen molar-refractivity contribution in [2.45, 2.75) is 78.1 Å². The summed E-state index contributed by atoms with van der Waals surface area (Å²) in [5.41, 5.74) is 1.53. The maximum atomic E-state index is 12.9. The van der Waals surface area contributed by atoms with Crippen LogP contribution in [0.15, 0.2) is 22.4 Å². The molecule has 1 aliphatic heterocycles. The van der Waals surface area contributed by atoms with Gasteiger partial charge in [0.15, 0.2) is 5.75 Å². The van der Waals surface area contributed by atoms with Gasteiger partial charge in [0.25, 0.3) is 5.13 Å². The Kier molecular flexibility index (Phi) is 9.68. The molecule has 0 saturated carbocycles. The predicted molar refractivity (Wildman–Crippen MR) is 139 cm³/mol. The molecule has 1 unspecified atom stereocenters. The van der Waals surface area contributed by atoms with E-state index in [1.165, 1.54) is 6.07 Å². The van der Waals surface area contributed by atoms with Gasteiger partial charge in [-0.2, -0.15) is 13.2 Å². The molecule has 1 N–H and O–H groups in total. The van der Waals surface area contributed by atoms with Gasteiger partial charge in [0, 0.05) is 18.3 Å². The minimum atomic E-state index is -4.92. The Morgan fingerprint density at radius 3 is 2.53 bits per heavy atom. The molecule has 15 heteroatoms. The zero-order valence-corrected chi connectivity index (χ0v) is 23.2. The summed E-state index contributed by atoms with van der Waals surface area (Å²) < 4.78 is 70.6. The molecule has 3 rings (SSSR count). The molecule has 210 valence electrons. The molecule has 0 aliphatic carbocycles. The number of carbonyl (C=O) groups is 1. The van der Waals surface area contributed by atoms with E-state index in [1.807, 2.05) is 25.5 Å². The second kappa shape index (κ2) is 12.4. The summed E-state index contributed by atoms with van der Waals surface area (Å²) in [5.74, 6) is -2.70. The molecule has 0 bridgehead atoms. The lowest BCUT2D eigenvalue weighted by atomic mass is 9.97. The fourth-order valence-electron chi connectivity index (χ4n) is 4.09. The third-order valence-electron chi connectivity index (χ3n) is 6.07. The van der Waals surface area contributed by atoms with Crippen molar-refractivity contribution in [1.82, 2.24) is 10.2 Å². The molecule has 0 radical (unpaired) electrons. The van der Waals surface area contributed by atoms with Crippen molar-refractivity contribution < 1.29 is 31.1 Å². The van der Waals surface area contributed by atoms with Gasteiger partial charge >= 0.3 is 12.1 Å². The number of sulfonamides is 1. The molecule has 10 nitrogen and oxygen atoms in total. The Bertz CT molecular complexity index is 1260. The highest BCUT2D eigenvalue weighted by Crippen LogP contribution is 2.40. The number of nitrogens with one attached hydrogen (secondary N) is 1. The summed E-state index contributed by atoms with van der Waals surface area (Å²) in [6.45, 7) is 8.44. The highest BCUT2D eigenvalue weighted by molar-refractivity contribution is 7.92. The summed E-state index contributed by atoms with van der Waals surface area (Å²) in [7, 11) is -4.78. The van der Waals surface area contributed by atoms with Crippen LogP contribution >= 0.6 is 11.3 Å². The quantitative estimate of drug-likeness (QED) is 0.251. The number of carbonyl (C=O) groups excluding carboxylic acids is 1. The molecule has 1 aromatic heterocycles. The molecule has 1 aliphatic rings. The third-order valence-corrected chi connectivity index (χ3v) is 8.10. The molecule has 0 saturated heterocycles.